The third-order valence-corrected chi connectivity index (χ3v) is 6.26. The van der Waals surface area contributed by atoms with Crippen molar-refractivity contribution in [2.24, 2.45) is 0 Å². The number of pyridine rings is 1. The van der Waals surface area contributed by atoms with Crippen LogP contribution in [0.4, 0.5) is 0 Å². The predicted octanol–water partition coefficient (Wildman–Crippen LogP) is 8.15. The fraction of sp³-hybridized carbons (Fsp3) is 0. The van der Waals surface area contributed by atoms with Crippen LogP contribution in [0.2, 0.25) is 30.1 Å². The summed E-state index contributed by atoms with van der Waals surface area (Å²) in [5.74, 6) is 0. The molecule has 0 saturated heterocycles. The van der Waals surface area contributed by atoms with Gasteiger partial charge >= 0.3 is 0 Å². The lowest BCUT2D eigenvalue weighted by Gasteiger charge is -2.12. The topological polar surface area (TPSA) is 30.0 Å². The fourth-order valence-electron chi connectivity index (χ4n) is 2.40. The Hall–Kier alpha value is -1.000. The number of hydrogen-bond donors (Lipinski definition) is 0. The van der Waals surface area contributed by atoms with Gasteiger partial charge < -0.3 is 0 Å². The second-order valence-corrected chi connectivity index (χ2v) is 7.52. The van der Waals surface area contributed by atoms with E-state index >= 15 is 0 Å². The van der Waals surface area contributed by atoms with E-state index < -0.39 is 0 Å². The van der Waals surface area contributed by atoms with Crippen molar-refractivity contribution in [2.75, 3.05) is 0 Å². The van der Waals surface area contributed by atoms with Crippen LogP contribution in [0.25, 0.3) is 22.4 Å². The number of nitrogens with zero attached hydrogens (tertiary/aromatic N) is 1. The van der Waals surface area contributed by atoms with Crippen LogP contribution in [-0.4, -0.2) is 11.3 Å². The van der Waals surface area contributed by atoms with Crippen LogP contribution < -0.4 is 0 Å². The lowest BCUT2D eigenvalue weighted by Crippen LogP contribution is -1.96. The lowest BCUT2D eigenvalue weighted by atomic mass is 10.0. The van der Waals surface area contributed by atoms with Crippen molar-refractivity contribution >= 4 is 75.9 Å². The molecule has 132 valence electrons. The standard InChI is InChI=1S/C18H7Cl6NO/c19-11-4-1-9(15(21)17(11)23)8-3-6-13(25-14(8)7-26)10-2-5-12(20)18(24)16(10)22/h1-7H. The summed E-state index contributed by atoms with van der Waals surface area (Å²) in [5.41, 5.74) is 2.25. The Kier molecular flexibility index (Phi) is 6.03. The third kappa shape index (κ3) is 3.55. The number of benzene rings is 2. The second-order valence-electron chi connectivity index (χ2n) is 5.19. The summed E-state index contributed by atoms with van der Waals surface area (Å²) in [6, 6.07) is 9.97. The van der Waals surface area contributed by atoms with E-state index in [0.717, 1.165) is 0 Å². The summed E-state index contributed by atoms with van der Waals surface area (Å²) >= 11 is 36.6. The SMILES string of the molecule is O=Cc1nc(-c2ccc(Cl)c(Cl)c2Cl)ccc1-c1ccc(Cl)c(Cl)c1Cl. The molecule has 26 heavy (non-hydrogen) atoms. The summed E-state index contributed by atoms with van der Waals surface area (Å²) in [6.07, 6.45) is 0.628. The van der Waals surface area contributed by atoms with Crippen molar-refractivity contribution < 1.29 is 4.79 Å². The van der Waals surface area contributed by atoms with Gasteiger partial charge in [0.15, 0.2) is 6.29 Å². The molecule has 0 fully saturated rings. The smallest absolute Gasteiger partial charge is 0.169 e. The number of rotatable bonds is 3. The van der Waals surface area contributed by atoms with Gasteiger partial charge in [0, 0.05) is 16.7 Å². The zero-order valence-electron chi connectivity index (χ0n) is 12.7. The maximum Gasteiger partial charge on any atom is 0.169 e. The van der Waals surface area contributed by atoms with Crippen molar-refractivity contribution in [1.29, 1.82) is 0 Å². The minimum Gasteiger partial charge on any atom is -0.296 e. The van der Waals surface area contributed by atoms with Crippen LogP contribution in [0.1, 0.15) is 10.5 Å². The molecule has 0 bridgehead atoms. The Bertz CT molecular complexity index is 1030. The fourth-order valence-corrected chi connectivity index (χ4v) is 3.67. The molecule has 2 nitrogen and oxygen atoms in total. The zero-order valence-corrected chi connectivity index (χ0v) is 17.2. The highest BCUT2D eigenvalue weighted by molar-refractivity contribution is 6.50. The van der Waals surface area contributed by atoms with Crippen molar-refractivity contribution in [2.45, 2.75) is 0 Å². The molecule has 3 rings (SSSR count). The van der Waals surface area contributed by atoms with Crippen molar-refractivity contribution in [1.82, 2.24) is 4.98 Å². The van der Waals surface area contributed by atoms with E-state index in [1.165, 1.54) is 0 Å². The summed E-state index contributed by atoms with van der Waals surface area (Å²) in [6.45, 7) is 0. The molecule has 8 heteroatoms. The number of carbonyl (C=O) groups excluding carboxylic acids is 1. The Labute approximate surface area is 179 Å². The van der Waals surface area contributed by atoms with Crippen molar-refractivity contribution in [3.8, 4) is 22.4 Å². The summed E-state index contributed by atoms with van der Waals surface area (Å²) in [4.78, 5) is 16.0. The van der Waals surface area contributed by atoms with Crippen LogP contribution in [0.5, 0.6) is 0 Å². The quantitative estimate of drug-likeness (QED) is 0.288. The first kappa shape index (κ1) is 19.8. The molecule has 0 unspecified atom stereocenters. The molecule has 1 heterocycles. The van der Waals surface area contributed by atoms with Crippen molar-refractivity contribution in [3.05, 3.63) is 72.2 Å². The van der Waals surface area contributed by atoms with E-state index in [4.69, 9.17) is 69.6 Å². The maximum atomic E-state index is 11.6. The highest BCUT2D eigenvalue weighted by atomic mass is 35.5. The zero-order chi connectivity index (χ0) is 19.0. The third-order valence-electron chi connectivity index (χ3n) is 3.67. The summed E-state index contributed by atoms with van der Waals surface area (Å²) in [5, 5.41) is 1.57. The van der Waals surface area contributed by atoms with E-state index in [2.05, 4.69) is 4.98 Å². The van der Waals surface area contributed by atoms with E-state index in [-0.39, 0.29) is 25.8 Å². The number of aldehydes is 1. The molecular formula is C18H7Cl6NO. The number of halogens is 6. The van der Waals surface area contributed by atoms with Crippen LogP contribution in [0.3, 0.4) is 0 Å². The number of hydrogen-bond acceptors (Lipinski definition) is 2. The van der Waals surface area contributed by atoms with Gasteiger partial charge in [-0.15, -0.1) is 0 Å². The molecule has 0 N–H and O–H groups in total. The van der Waals surface area contributed by atoms with Gasteiger partial charge in [-0.3, -0.25) is 4.79 Å². The van der Waals surface area contributed by atoms with Gasteiger partial charge in [0.2, 0.25) is 0 Å². The van der Waals surface area contributed by atoms with Crippen molar-refractivity contribution in [3.63, 3.8) is 0 Å². The molecule has 0 spiro atoms. The highest BCUT2D eigenvalue weighted by Crippen LogP contribution is 2.41. The summed E-state index contributed by atoms with van der Waals surface area (Å²) in [7, 11) is 0. The first-order chi connectivity index (χ1) is 12.3. The Balaban J connectivity index is 2.18. The average molecular weight is 466 g/mol. The average Bonchev–Trinajstić information content (AvgIpc) is 2.64. The molecule has 2 aromatic carbocycles. The second kappa shape index (κ2) is 7.93. The highest BCUT2D eigenvalue weighted by Gasteiger charge is 2.17. The summed E-state index contributed by atoms with van der Waals surface area (Å²) < 4.78 is 0. The van der Waals surface area contributed by atoms with Crippen LogP contribution in [0, 0.1) is 0 Å². The van der Waals surface area contributed by atoms with Gasteiger partial charge in [-0.05, 0) is 30.3 Å². The monoisotopic (exact) mass is 463 g/mol. The van der Waals surface area contributed by atoms with Gasteiger partial charge in [0.05, 0.1) is 35.8 Å². The van der Waals surface area contributed by atoms with Gasteiger partial charge in [0.25, 0.3) is 0 Å². The first-order valence-corrected chi connectivity index (χ1v) is 9.36. The molecule has 0 aliphatic heterocycles. The maximum absolute atomic E-state index is 11.6. The number of aromatic nitrogens is 1. The lowest BCUT2D eigenvalue weighted by molar-refractivity contribution is 0.112. The number of carbonyl (C=O) groups is 1. The van der Waals surface area contributed by atoms with Crippen LogP contribution in [-0.2, 0) is 0 Å². The van der Waals surface area contributed by atoms with Gasteiger partial charge in [-0.2, -0.15) is 0 Å². The first-order valence-electron chi connectivity index (χ1n) is 7.09. The van der Waals surface area contributed by atoms with E-state index in [1.54, 1.807) is 36.4 Å². The minimum absolute atomic E-state index is 0.171. The van der Waals surface area contributed by atoms with Gasteiger partial charge in [-0.1, -0.05) is 75.7 Å². The largest absolute Gasteiger partial charge is 0.296 e. The molecule has 3 aromatic rings. The van der Waals surface area contributed by atoms with Crippen LogP contribution in [0.15, 0.2) is 36.4 Å². The molecule has 0 aliphatic rings. The Morgan fingerprint density at radius 2 is 1.12 bits per heavy atom. The molecule has 0 radical (unpaired) electrons. The van der Waals surface area contributed by atoms with Gasteiger partial charge in [0.1, 0.15) is 5.69 Å². The minimum atomic E-state index is 0.171. The molecule has 0 aliphatic carbocycles. The molecule has 0 atom stereocenters. The molecule has 0 saturated carbocycles. The Morgan fingerprint density at radius 1 is 0.615 bits per heavy atom. The Morgan fingerprint density at radius 3 is 1.69 bits per heavy atom. The van der Waals surface area contributed by atoms with E-state index in [9.17, 15) is 4.79 Å². The normalized spacial score (nSPS) is 10.8. The molecular weight excluding hydrogens is 459 g/mol. The van der Waals surface area contributed by atoms with Gasteiger partial charge in [-0.25, -0.2) is 4.98 Å². The van der Waals surface area contributed by atoms with Crippen LogP contribution >= 0.6 is 69.6 Å². The predicted molar refractivity (Wildman–Crippen MR) is 111 cm³/mol. The molecule has 1 aromatic heterocycles. The van der Waals surface area contributed by atoms with E-state index in [1.807, 2.05) is 0 Å². The molecule has 0 amide bonds. The van der Waals surface area contributed by atoms with E-state index in [0.29, 0.717) is 38.7 Å².